The average molecular weight is 221 g/mol. The van der Waals surface area contributed by atoms with Gasteiger partial charge in [-0.15, -0.1) is 0 Å². The number of hydrogen-bond donors (Lipinski definition) is 0. The molecule has 0 amide bonds. The zero-order chi connectivity index (χ0) is 11.8. The molecule has 16 heavy (non-hydrogen) atoms. The van der Waals surface area contributed by atoms with Crippen molar-refractivity contribution in [3.63, 3.8) is 0 Å². The zero-order valence-corrected chi connectivity index (χ0v) is 10.4. The minimum atomic E-state index is 0.114. The van der Waals surface area contributed by atoms with Gasteiger partial charge in [-0.2, -0.15) is 0 Å². The number of benzene rings is 1. The summed E-state index contributed by atoms with van der Waals surface area (Å²) >= 11 is 0. The number of hydrogen-bond acceptors (Lipinski definition) is 3. The number of anilines is 1. The first-order valence-electron chi connectivity index (χ1n) is 5.69. The summed E-state index contributed by atoms with van der Waals surface area (Å²) in [6.45, 7) is 10.1. The highest BCUT2D eigenvalue weighted by Crippen LogP contribution is 2.36. The lowest BCUT2D eigenvalue weighted by molar-refractivity contribution is 0.174. The molecule has 1 aliphatic heterocycles. The molecular formula is C13H19NO2. The molecule has 1 aliphatic rings. The molecule has 1 aromatic carbocycles. The van der Waals surface area contributed by atoms with Gasteiger partial charge in [0, 0.05) is 23.8 Å². The molecular weight excluding hydrogens is 202 g/mol. The summed E-state index contributed by atoms with van der Waals surface area (Å²) < 4.78 is 10.7. The van der Waals surface area contributed by atoms with Gasteiger partial charge >= 0.3 is 0 Å². The number of rotatable bonds is 2. The molecule has 0 saturated carbocycles. The van der Waals surface area contributed by atoms with E-state index in [-0.39, 0.29) is 5.54 Å². The lowest BCUT2D eigenvalue weighted by Crippen LogP contribution is -2.41. The molecule has 0 radical (unpaired) electrons. The lowest BCUT2D eigenvalue weighted by Gasteiger charge is -2.37. The van der Waals surface area contributed by atoms with Gasteiger partial charge < -0.3 is 14.4 Å². The van der Waals surface area contributed by atoms with Crippen LogP contribution in [0.3, 0.4) is 0 Å². The van der Waals surface area contributed by atoms with Crippen LogP contribution in [0.5, 0.6) is 11.5 Å². The molecule has 0 saturated heterocycles. The normalized spacial score (nSPS) is 14.0. The molecule has 0 N–H and O–H groups in total. The van der Waals surface area contributed by atoms with Gasteiger partial charge in [-0.3, -0.25) is 0 Å². The molecule has 3 heteroatoms. The molecule has 0 atom stereocenters. The summed E-state index contributed by atoms with van der Waals surface area (Å²) in [7, 11) is 0. The summed E-state index contributed by atoms with van der Waals surface area (Å²) in [5.41, 5.74) is 1.29. The SMILES string of the molecule is CCN(c1ccc2c(c1)OCO2)C(C)(C)C. The lowest BCUT2D eigenvalue weighted by atomic mass is 10.0. The third kappa shape index (κ3) is 1.94. The van der Waals surface area contributed by atoms with Crippen molar-refractivity contribution in [2.24, 2.45) is 0 Å². The highest BCUT2D eigenvalue weighted by molar-refractivity contribution is 5.58. The van der Waals surface area contributed by atoms with Crippen LogP contribution < -0.4 is 14.4 Å². The van der Waals surface area contributed by atoms with Gasteiger partial charge in [0.1, 0.15) is 0 Å². The Bertz CT molecular complexity index is 382. The second-order valence-corrected chi connectivity index (χ2v) is 4.95. The van der Waals surface area contributed by atoms with E-state index in [2.05, 4.69) is 44.7 Å². The maximum Gasteiger partial charge on any atom is 0.231 e. The number of fused-ring (bicyclic) bond motifs is 1. The smallest absolute Gasteiger partial charge is 0.231 e. The molecule has 0 fully saturated rings. The van der Waals surface area contributed by atoms with E-state index in [1.807, 2.05) is 6.07 Å². The van der Waals surface area contributed by atoms with E-state index in [9.17, 15) is 0 Å². The molecule has 88 valence electrons. The molecule has 0 unspecified atom stereocenters. The van der Waals surface area contributed by atoms with Crippen molar-refractivity contribution in [2.75, 3.05) is 18.2 Å². The van der Waals surface area contributed by atoms with Gasteiger partial charge in [-0.1, -0.05) is 0 Å². The van der Waals surface area contributed by atoms with E-state index >= 15 is 0 Å². The van der Waals surface area contributed by atoms with E-state index in [1.54, 1.807) is 0 Å². The second-order valence-electron chi connectivity index (χ2n) is 4.95. The van der Waals surface area contributed by atoms with E-state index in [0.29, 0.717) is 6.79 Å². The highest BCUT2D eigenvalue weighted by Gasteiger charge is 2.22. The van der Waals surface area contributed by atoms with Gasteiger partial charge in [0.25, 0.3) is 0 Å². The zero-order valence-electron chi connectivity index (χ0n) is 10.4. The third-order valence-corrected chi connectivity index (χ3v) is 2.79. The van der Waals surface area contributed by atoms with Crippen molar-refractivity contribution in [2.45, 2.75) is 33.2 Å². The van der Waals surface area contributed by atoms with Crippen LogP contribution in [0.15, 0.2) is 18.2 Å². The fraction of sp³-hybridized carbons (Fsp3) is 0.538. The Morgan fingerprint density at radius 3 is 2.50 bits per heavy atom. The fourth-order valence-electron chi connectivity index (χ4n) is 2.10. The van der Waals surface area contributed by atoms with Crippen LogP contribution in [0.2, 0.25) is 0 Å². The Kier molecular flexibility index (Phi) is 2.70. The Morgan fingerprint density at radius 2 is 1.88 bits per heavy atom. The van der Waals surface area contributed by atoms with Crippen molar-refractivity contribution >= 4 is 5.69 Å². The Morgan fingerprint density at radius 1 is 1.19 bits per heavy atom. The predicted octanol–water partition coefficient (Wildman–Crippen LogP) is 3.04. The first kappa shape index (κ1) is 11.1. The third-order valence-electron chi connectivity index (χ3n) is 2.79. The Hall–Kier alpha value is -1.38. The maximum atomic E-state index is 5.40. The molecule has 0 aromatic heterocycles. The second kappa shape index (κ2) is 3.89. The van der Waals surface area contributed by atoms with Crippen LogP contribution in [0.1, 0.15) is 27.7 Å². The van der Waals surface area contributed by atoms with Gasteiger partial charge in [0.05, 0.1) is 0 Å². The van der Waals surface area contributed by atoms with Crippen LogP contribution in [0, 0.1) is 0 Å². The molecule has 1 heterocycles. The van der Waals surface area contributed by atoms with Crippen LogP contribution >= 0.6 is 0 Å². The van der Waals surface area contributed by atoms with Crippen molar-refractivity contribution < 1.29 is 9.47 Å². The van der Waals surface area contributed by atoms with Crippen LogP contribution in [-0.4, -0.2) is 18.9 Å². The summed E-state index contributed by atoms with van der Waals surface area (Å²) in [6, 6.07) is 6.12. The monoisotopic (exact) mass is 221 g/mol. The summed E-state index contributed by atoms with van der Waals surface area (Å²) in [4.78, 5) is 2.34. The summed E-state index contributed by atoms with van der Waals surface area (Å²) in [5.74, 6) is 1.69. The summed E-state index contributed by atoms with van der Waals surface area (Å²) in [6.07, 6.45) is 0. The topological polar surface area (TPSA) is 21.7 Å². The highest BCUT2D eigenvalue weighted by atomic mass is 16.7. The van der Waals surface area contributed by atoms with Gasteiger partial charge in [0.2, 0.25) is 6.79 Å². The standard InChI is InChI=1S/C13H19NO2/c1-5-14(13(2,3)4)10-6-7-11-12(8-10)16-9-15-11/h6-8H,5,9H2,1-4H3. The Labute approximate surface area is 97.0 Å². The van der Waals surface area contributed by atoms with Gasteiger partial charge in [-0.05, 0) is 39.8 Å². The first-order valence-corrected chi connectivity index (χ1v) is 5.69. The molecule has 0 spiro atoms. The number of ether oxygens (including phenoxy) is 2. The molecule has 0 aliphatic carbocycles. The Balaban J connectivity index is 2.33. The molecule has 2 rings (SSSR count). The van der Waals surface area contributed by atoms with Gasteiger partial charge in [0.15, 0.2) is 11.5 Å². The quantitative estimate of drug-likeness (QED) is 0.766. The van der Waals surface area contributed by atoms with Crippen LogP contribution in [0.25, 0.3) is 0 Å². The van der Waals surface area contributed by atoms with Crippen molar-refractivity contribution in [3.05, 3.63) is 18.2 Å². The van der Waals surface area contributed by atoms with E-state index < -0.39 is 0 Å². The van der Waals surface area contributed by atoms with E-state index in [1.165, 1.54) is 5.69 Å². The first-order chi connectivity index (χ1) is 7.52. The molecule has 3 nitrogen and oxygen atoms in total. The van der Waals surface area contributed by atoms with Crippen molar-refractivity contribution in [1.82, 2.24) is 0 Å². The average Bonchev–Trinajstić information content (AvgIpc) is 2.63. The minimum Gasteiger partial charge on any atom is -0.454 e. The van der Waals surface area contributed by atoms with E-state index in [4.69, 9.17) is 9.47 Å². The minimum absolute atomic E-state index is 0.114. The van der Waals surface area contributed by atoms with Crippen molar-refractivity contribution in [3.8, 4) is 11.5 Å². The predicted molar refractivity (Wildman–Crippen MR) is 65.3 cm³/mol. The van der Waals surface area contributed by atoms with Crippen molar-refractivity contribution in [1.29, 1.82) is 0 Å². The van der Waals surface area contributed by atoms with Crippen LogP contribution in [-0.2, 0) is 0 Å². The maximum absolute atomic E-state index is 5.40. The fourth-order valence-corrected chi connectivity index (χ4v) is 2.10. The summed E-state index contributed by atoms with van der Waals surface area (Å²) in [5, 5.41) is 0. The number of nitrogens with zero attached hydrogens (tertiary/aromatic N) is 1. The largest absolute Gasteiger partial charge is 0.454 e. The molecule has 0 bridgehead atoms. The van der Waals surface area contributed by atoms with E-state index in [0.717, 1.165) is 18.0 Å². The van der Waals surface area contributed by atoms with Crippen LogP contribution in [0.4, 0.5) is 5.69 Å². The molecule has 1 aromatic rings. The van der Waals surface area contributed by atoms with Gasteiger partial charge in [-0.25, -0.2) is 0 Å².